The Morgan fingerprint density at radius 2 is 2.20 bits per heavy atom. The van der Waals surface area contributed by atoms with Gasteiger partial charge in [-0.05, 0) is 30.0 Å². The first-order valence-electron chi connectivity index (χ1n) is 5.09. The van der Waals surface area contributed by atoms with Gasteiger partial charge in [-0.2, -0.15) is 0 Å². The Morgan fingerprint density at radius 1 is 1.33 bits per heavy atom. The molecule has 0 atom stereocenters. The van der Waals surface area contributed by atoms with Crippen LogP contribution in [0.1, 0.15) is 13.3 Å². The number of aromatic nitrogens is 1. The fraction of sp³-hybridized carbons (Fsp3) is 0.250. The van der Waals surface area contributed by atoms with Crippen molar-refractivity contribution in [1.29, 1.82) is 0 Å². The Hall–Kier alpha value is -1.28. The summed E-state index contributed by atoms with van der Waals surface area (Å²) < 4.78 is 0. The minimum atomic E-state index is 0.745. The molecule has 1 heterocycles. The van der Waals surface area contributed by atoms with E-state index < -0.39 is 0 Å². The van der Waals surface area contributed by atoms with Gasteiger partial charge in [0.2, 0.25) is 0 Å². The van der Waals surface area contributed by atoms with E-state index in [4.69, 9.17) is 11.6 Å². The second-order valence-electron chi connectivity index (χ2n) is 3.45. The van der Waals surface area contributed by atoms with Crippen LogP contribution in [0.4, 0.5) is 5.82 Å². The van der Waals surface area contributed by atoms with E-state index in [1.54, 1.807) is 0 Å². The number of benzene rings is 1. The summed E-state index contributed by atoms with van der Waals surface area (Å²) in [5.74, 6) is 0.914. The number of anilines is 1. The van der Waals surface area contributed by atoms with Crippen molar-refractivity contribution in [2.24, 2.45) is 0 Å². The van der Waals surface area contributed by atoms with Crippen LogP contribution in [0.3, 0.4) is 0 Å². The second kappa shape index (κ2) is 4.49. The van der Waals surface area contributed by atoms with Gasteiger partial charge in [0.15, 0.2) is 0 Å². The Bertz CT molecular complexity index is 468. The van der Waals surface area contributed by atoms with E-state index in [2.05, 4.69) is 17.2 Å². The predicted octanol–water partition coefficient (Wildman–Crippen LogP) is 3.71. The summed E-state index contributed by atoms with van der Waals surface area (Å²) >= 11 is 5.97. The molecule has 1 aromatic heterocycles. The highest BCUT2D eigenvalue weighted by atomic mass is 35.5. The third-order valence-corrected chi connectivity index (χ3v) is 2.51. The van der Waals surface area contributed by atoms with Crippen LogP contribution >= 0.6 is 11.6 Å². The van der Waals surface area contributed by atoms with Crippen molar-refractivity contribution in [1.82, 2.24) is 4.98 Å². The molecule has 1 aromatic carbocycles. The van der Waals surface area contributed by atoms with Crippen LogP contribution in [0.5, 0.6) is 0 Å². The van der Waals surface area contributed by atoms with Crippen molar-refractivity contribution < 1.29 is 0 Å². The number of hydrogen-bond donors (Lipinski definition) is 1. The molecule has 2 aromatic rings. The summed E-state index contributed by atoms with van der Waals surface area (Å²) in [6.45, 7) is 3.06. The van der Waals surface area contributed by atoms with Crippen LogP contribution in [-0.2, 0) is 0 Å². The van der Waals surface area contributed by atoms with E-state index >= 15 is 0 Å². The second-order valence-corrected chi connectivity index (χ2v) is 3.89. The molecule has 0 saturated carbocycles. The lowest BCUT2D eigenvalue weighted by atomic mass is 10.1. The molecule has 0 unspecified atom stereocenters. The maximum Gasteiger partial charge on any atom is 0.133 e. The first kappa shape index (κ1) is 10.2. The number of rotatable bonds is 3. The lowest BCUT2D eigenvalue weighted by Gasteiger charge is -2.07. The first-order chi connectivity index (χ1) is 7.31. The summed E-state index contributed by atoms with van der Waals surface area (Å²) in [5.41, 5.74) is 0. The number of fused-ring (bicyclic) bond motifs is 1. The zero-order valence-electron chi connectivity index (χ0n) is 8.63. The highest BCUT2D eigenvalue weighted by Crippen LogP contribution is 2.24. The standard InChI is InChI=1S/C12H13ClN2/c1-2-6-14-12-11-8-10(13)4-3-9(11)5-7-15-12/h3-5,7-8H,2,6H2,1H3,(H,14,15). The van der Waals surface area contributed by atoms with Crippen LogP contribution in [0.2, 0.25) is 5.02 Å². The third-order valence-electron chi connectivity index (χ3n) is 2.27. The summed E-state index contributed by atoms with van der Waals surface area (Å²) in [5, 5.41) is 6.28. The molecule has 78 valence electrons. The van der Waals surface area contributed by atoms with Crippen molar-refractivity contribution in [3.8, 4) is 0 Å². The predicted molar refractivity (Wildman–Crippen MR) is 65.5 cm³/mol. The van der Waals surface area contributed by atoms with E-state index in [0.717, 1.165) is 34.6 Å². The lowest BCUT2D eigenvalue weighted by Crippen LogP contribution is -2.02. The monoisotopic (exact) mass is 220 g/mol. The zero-order chi connectivity index (χ0) is 10.7. The molecule has 0 saturated heterocycles. The van der Waals surface area contributed by atoms with Crippen LogP contribution in [0.15, 0.2) is 30.5 Å². The van der Waals surface area contributed by atoms with Gasteiger partial charge >= 0.3 is 0 Å². The molecule has 0 aliphatic carbocycles. The normalized spacial score (nSPS) is 10.5. The topological polar surface area (TPSA) is 24.9 Å². The average Bonchev–Trinajstić information content (AvgIpc) is 2.26. The molecule has 2 rings (SSSR count). The Labute approximate surface area is 94.3 Å². The van der Waals surface area contributed by atoms with Crippen LogP contribution in [-0.4, -0.2) is 11.5 Å². The van der Waals surface area contributed by atoms with E-state index in [9.17, 15) is 0 Å². The molecule has 0 fully saturated rings. The number of hydrogen-bond acceptors (Lipinski definition) is 2. The van der Waals surface area contributed by atoms with Gasteiger partial charge < -0.3 is 5.32 Å². The summed E-state index contributed by atoms with van der Waals surface area (Å²) in [6.07, 6.45) is 2.90. The minimum absolute atomic E-state index is 0.745. The molecule has 0 aliphatic heterocycles. The van der Waals surface area contributed by atoms with Crippen molar-refractivity contribution in [3.05, 3.63) is 35.5 Å². The first-order valence-corrected chi connectivity index (χ1v) is 5.47. The summed E-state index contributed by atoms with van der Waals surface area (Å²) in [6, 6.07) is 7.84. The molecule has 0 bridgehead atoms. The quantitative estimate of drug-likeness (QED) is 0.853. The molecule has 2 nitrogen and oxygen atoms in total. The fourth-order valence-corrected chi connectivity index (χ4v) is 1.70. The molecule has 0 radical (unpaired) electrons. The van der Waals surface area contributed by atoms with Crippen LogP contribution in [0.25, 0.3) is 10.8 Å². The molecular formula is C12H13ClN2. The minimum Gasteiger partial charge on any atom is -0.370 e. The van der Waals surface area contributed by atoms with E-state index in [1.165, 1.54) is 0 Å². The SMILES string of the molecule is CCCNc1nccc2ccc(Cl)cc12. The fourth-order valence-electron chi connectivity index (χ4n) is 1.52. The molecule has 3 heteroatoms. The molecular weight excluding hydrogens is 208 g/mol. The van der Waals surface area contributed by atoms with Gasteiger partial charge in [0.05, 0.1) is 0 Å². The van der Waals surface area contributed by atoms with E-state index in [0.29, 0.717) is 0 Å². The van der Waals surface area contributed by atoms with Crippen LogP contribution in [0, 0.1) is 0 Å². The molecule has 15 heavy (non-hydrogen) atoms. The number of nitrogens with zero attached hydrogens (tertiary/aromatic N) is 1. The molecule has 0 spiro atoms. The average molecular weight is 221 g/mol. The zero-order valence-corrected chi connectivity index (χ0v) is 9.38. The lowest BCUT2D eigenvalue weighted by molar-refractivity contribution is 0.972. The molecule has 0 amide bonds. The van der Waals surface area contributed by atoms with E-state index in [-0.39, 0.29) is 0 Å². The number of halogens is 1. The highest BCUT2D eigenvalue weighted by Gasteiger charge is 2.01. The Morgan fingerprint density at radius 3 is 3.00 bits per heavy atom. The van der Waals surface area contributed by atoms with Crippen molar-refractivity contribution >= 4 is 28.2 Å². The summed E-state index contributed by atoms with van der Waals surface area (Å²) in [4.78, 5) is 4.32. The third kappa shape index (κ3) is 2.21. The Kier molecular flexibility index (Phi) is 3.07. The van der Waals surface area contributed by atoms with Gasteiger partial charge in [-0.15, -0.1) is 0 Å². The van der Waals surface area contributed by atoms with E-state index in [1.807, 2.05) is 30.5 Å². The molecule has 1 N–H and O–H groups in total. The van der Waals surface area contributed by atoms with Gasteiger partial charge in [0.1, 0.15) is 5.82 Å². The Balaban J connectivity index is 2.48. The highest BCUT2D eigenvalue weighted by molar-refractivity contribution is 6.31. The number of pyridine rings is 1. The smallest absolute Gasteiger partial charge is 0.133 e. The van der Waals surface area contributed by atoms with Gasteiger partial charge in [0, 0.05) is 23.2 Å². The van der Waals surface area contributed by atoms with Crippen molar-refractivity contribution in [2.45, 2.75) is 13.3 Å². The van der Waals surface area contributed by atoms with Gasteiger partial charge in [-0.25, -0.2) is 4.98 Å². The van der Waals surface area contributed by atoms with Crippen molar-refractivity contribution in [3.63, 3.8) is 0 Å². The van der Waals surface area contributed by atoms with Gasteiger partial charge in [-0.3, -0.25) is 0 Å². The number of nitrogens with one attached hydrogen (secondary N) is 1. The molecule has 0 aliphatic rings. The van der Waals surface area contributed by atoms with Crippen LogP contribution < -0.4 is 5.32 Å². The van der Waals surface area contributed by atoms with Gasteiger partial charge in [0.25, 0.3) is 0 Å². The largest absolute Gasteiger partial charge is 0.370 e. The maximum absolute atomic E-state index is 5.97. The maximum atomic E-state index is 5.97. The van der Waals surface area contributed by atoms with Crippen molar-refractivity contribution in [2.75, 3.05) is 11.9 Å². The summed E-state index contributed by atoms with van der Waals surface area (Å²) in [7, 11) is 0. The van der Waals surface area contributed by atoms with Gasteiger partial charge in [-0.1, -0.05) is 24.6 Å².